The summed E-state index contributed by atoms with van der Waals surface area (Å²) in [4.78, 5) is 16.3. The molecule has 0 saturated heterocycles. The summed E-state index contributed by atoms with van der Waals surface area (Å²) in [6.45, 7) is 0. The molecule has 0 aliphatic carbocycles. The number of ether oxygens (including phenoxy) is 1. The van der Waals surface area contributed by atoms with Crippen LogP contribution in [0.15, 0.2) is 53.5 Å². The maximum Gasteiger partial charge on any atom is 0.279 e. The standard InChI is InChI=1S/C16H14N2O2.HI/c1-18-9-3-4-13-15(18)10-14(17-16(13)19)11-5-7-12(20-2)8-6-11;/h3-10H,1-2H3;1H. The van der Waals surface area contributed by atoms with Gasteiger partial charge in [0.15, 0.2) is 0 Å². The van der Waals surface area contributed by atoms with Crippen LogP contribution in [0.25, 0.3) is 22.5 Å². The molecule has 0 spiro atoms. The Labute approximate surface area is 139 Å². The Balaban J connectivity index is 0.00000161. The Morgan fingerprint density at radius 2 is 1.86 bits per heavy atom. The summed E-state index contributed by atoms with van der Waals surface area (Å²) in [5.41, 5.74) is 2.87. The number of fused-ring (bicyclic) bond motifs is 1. The Hall–Kier alpha value is -1.89. The van der Waals surface area contributed by atoms with Gasteiger partial charge in [-0.25, -0.2) is 4.98 Å². The molecular weight excluding hydrogens is 379 g/mol. The fourth-order valence-electron chi connectivity index (χ4n) is 2.23. The monoisotopic (exact) mass is 394 g/mol. The topological polar surface area (TPSA) is 44.1 Å². The van der Waals surface area contributed by atoms with Gasteiger partial charge in [0.2, 0.25) is 0 Å². The van der Waals surface area contributed by atoms with Gasteiger partial charge in [-0.15, -0.1) is 24.0 Å². The molecule has 1 aromatic carbocycles. The highest BCUT2D eigenvalue weighted by molar-refractivity contribution is 14.0. The molecule has 2 aliphatic heterocycles. The number of aryl methyl sites for hydroxylation is 1. The van der Waals surface area contributed by atoms with E-state index in [1.165, 1.54) is 0 Å². The van der Waals surface area contributed by atoms with Crippen LogP contribution in [-0.4, -0.2) is 16.7 Å². The first-order valence-electron chi connectivity index (χ1n) is 6.30. The van der Waals surface area contributed by atoms with Crippen molar-refractivity contribution in [2.24, 2.45) is 7.05 Å². The van der Waals surface area contributed by atoms with E-state index < -0.39 is 0 Å². The van der Waals surface area contributed by atoms with Crippen LogP contribution in [0.2, 0.25) is 0 Å². The number of methoxy groups -OCH3 is 1. The highest BCUT2D eigenvalue weighted by Gasteiger charge is 2.12. The van der Waals surface area contributed by atoms with Gasteiger partial charge in [-0.2, -0.15) is 0 Å². The zero-order valence-electron chi connectivity index (χ0n) is 11.7. The van der Waals surface area contributed by atoms with Crippen molar-refractivity contribution in [1.82, 2.24) is 9.55 Å². The minimum atomic E-state index is -0.204. The molecule has 3 rings (SSSR count). The second kappa shape index (κ2) is 6.26. The number of hydrogen-bond donors (Lipinski definition) is 0. The van der Waals surface area contributed by atoms with Crippen LogP contribution in [-0.2, 0) is 7.05 Å². The van der Waals surface area contributed by atoms with E-state index >= 15 is 0 Å². The first-order chi connectivity index (χ1) is 9.69. The summed E-state index contributed by atoms with van der Waals surface area (Å²) in [5, 5.41) is 0. The summed E-state index contributed by atoms with van der Waals surface area (Å²) in [5.74, 6) is 0.780. The summed E-state index contributed by atoms with van der Waals surface area (Å²) in [7, 11) is 3.54. The molecular formula is C16H15IN2O2. The summed E-state index contributed by atoms with van der Waals surface area (Å²) in [6, 6.07) is 13.1. The van der Waals surface area contributed by atoms with Gasteiger partial charge in [-0.05, 0) is 42.5 Å². The van der Waals surface area contributed by atoms with Crippen LogP contribution in [0.1, 0.15) is 0 Å². The Morgan fingerprint density at radius 3 is 2.52 bits per heavy atom. The summed E-state index contributed by atoms with van der Waals surface area (Å²) >= 11 is 0. The second-order valence-corrected chi connectivity index (χ2v) is 4.59. The average molecular weight is 394 g/mol. The molecule has 0 N–H and O–H groups in total. The third kappa shape index (κ3) is 2.92. The van der Waals surface area contributed by atoms with E-state index in [4.69, 9.17) is 4.74 Å². The predicted molar refractivity (Wildman–Crippen MR) is 93.5 cm³/mol. The lowest BCUT2D eigenvalue weighted by atomic mass is 10.1. The SMILES string of the molecule is COc1ccc(-c2cc3n(C)cccc-3c(=O)n2)cc1.I. The largest absolute Gasteiger partial charge is 0.497 e. The van der Waals surface area contributed by atoms with Crippen molar-refractivity contribution in [1.29, 1.82) is 0 Å². The smallest absolute Gasteiger partial charge is 0.279 e. The number of hydrogen-bond acceptors (Lipinski definition) is 3. The fraction of sp³-hybridized carbons (Fsp3) is 0.125. The maximum absolute atomic E-state index is 12.1. The molecule has 0 bridgehead atoms. The first kappa shape index (κ1) is 15.5. The number of rotatable bonds is 2. The predicted octanol–water partition coefficient (Wildman–Crippen LogP) is 3.18. The molecule has 0 amide bonds. The molecule has 2 aliphatic rings. The van der Waals surface area contributed by atoms with Crippen molar-refractivity contribution in [3.63, 3.8) is 0 Å². The summed E-state index contributed by atoms with van der Waals surface area (Å²) < 4.78 is 7.05. The lowest BCUT2D eigenvalue weighted by molar-refractivity contribution is 0.415. The van der Waals surface area contributed by atoms with Gasteiger partial charge in [0, 0.05) is 18.8 Å². The first-order valence-corrected chi connectivity index (χ1v) is 6.30. The summed E-state index contributed by atoms with van der Waals surface area (Å²) in [6.07, 6.45) is 1.92. The molecule has 108 valence electrons. The van der Waals surface area contributed by atoms with E-state index in [0.717, 1.165) is 17.0 Å². The molecule has 0 radical (unpaired) electrons. The number of halogens is 1. The Bertz CT molecular complexity index is 781. The van der Waals surface area contributed by atoms with E-state index in [9.17, 15) is 4.79 Å². The van der Waals surface area contributed by atoms with Gasteiger partial charge in [-0.1, -0.05) is 0 Å². The lowest BCUT2D eigenvalue weighted by Gasteiger charge is -2.11. The van der Waals surface area contributed by atoms with Crippen molar-refractivity contribution < 1.29 is 4.74 Å². The molecule has 4 nitrogen and oxygen atoms in total. The van der Waals surface area contributed by atoms with Crippen molar-refractivity contribution in [2.45, 2.75) is 0 Å². The van der Waals surface area contributed by atoms with Crippen LogP contribution in [0.5, 0.6) is 5.75 Å². The van der Waals surface area contributed by atoms with E-state index in [1.807, 2.05) is 54.2 Å². The zero-order chi connectivity index (χ0) is 14.1. The number of benzene rings is 1. The molecule has 2 heterocycles. The molecule has 0 unspecified atom stereocenters. The molecule has 21 heavy (non-hydrogen) atoms. The van der Waals surface area contributed by atoms with Crippen molar-refractivity contribution in [3.05, 3.63) is 59.0 Å². The lowest BCUT2D eigenvalue weighted by Crippen LogP contribution is -2.14. The highest BCUT2D eigenvalue weighted by atomic mass is 127. The van der Waals surface area contributed by atoms with Crippen molar-refractivity contribution >= 4 is 24.0 Å². The third-order valence-corrected chi connectivity index (χ3v) is 3.34. The minimum Gasteiger partial charge on any atom is -0.497 e. The van der Waals surface area contributed by atoms with Gasteiger partial charge in [0.1, 0.15) is 5.75 Å². The van der Waals surface area contributed by atoms with Crippen LogP contribution in [0.4, 0.5) is 0 Å². The van der Waals surface area contributed by atoms with Gasteiger partial charge in [0.05, 0.1) is 24.1 Å². The number of nitrogens with zero attached hydrogens (tertiary/aromatic N) is 2. The quantitative estimate of drug-likeness (QED) is 0.628. The molecule has 0 fully saturated rings. The normalized spacial score (nSPS) is 10.2. The number of pyridine rings is 2. The zero-order valence-corrected chi connectivity index (χ0v) is 14.1. The Morgan fingerprint density at radius 1 is 1.14 bits per heavy atom. The van der Waals surface area contributed by atoms with Gasteiger partial charge in [0.25, 0.3) is 5.56 Å². The molecule has 0 saturated carbocycles. The minimum absolute atomic E-state index is 0. The van der Waals surface area contributed by atoms with Crippen molar-refractivity contribution in [3.8, 4) is 28.3 Å². The van der Waals surface area contributed by atoms with Gasteiger partial charge >= 0.3 is 0 Å². The maximum atomic E-state index is 12.1. The number of aromatic nitrogens is 2. The van der Waals surface area contributed by atoms with Crippen molar-refractivity contribution in [2.75, 3.05) is 7.11 Å². The average Bonchev–Trinajstić information content (AvgIpc) is 2.48. The molecule has 1 aromatic rings. The highest BCUT2D eigenvalue weighted by Crippen LogP contribution is 2.24. The van der Waals surface area contributed by atoms with E-state index in [-0.39, 0.29) is 29.5 Å². The van der Waals surface area contributed by atoms with Gasteiger partial charge < -0.3 is 9.30 Å². The Kier molecular flexibility index (Phi) is 4.62. The van der Waals surface area contributed by atoms with Crippen LogP contribution >= 0.6 is 24.0 Å². The van der Waals surface area contributed by atoms with Crippen LogP contribution in [0, 0.1) is 0 Å². The van der Waals surface area contributed by atoms with E-state index in [1.54, 1.807) is 13.2 Å². The second-order valence-electron chi connectivity index (χ2n) is 4.59. The van der Waals surface area contributed by atoms with Crippen LogP contribution in [0.3, 0.4) is 0 Å². The molecule has 0 atom stereocenters. The third-order valence-electron chi connectivity index (χ3n) is 3.34. The van der Waals surface area contributed by atoms with E-state index in [2.05, 4.69) is 4.98 Å². The van der Waals surface area contributed by atoms with Gasteiger partial charge in [-0.3, -0.25) is 4.79 Å². The van der Waals surface area contributed by atoms with E-state index in [0.29, 0.717) is 11.3 Å². The van der Waals surface area contributed by atoms with Crippen LogP contribution < -0.4 is 10.3 Å². The fourth-order valence-corrected chi connectivity index (χ4v) is 2.23. The molecule has 5 heteroatoms. The molecule has 0 aromatic heterocycles.